The van der Waals surface area contributed by atoms with Crippen LogP contribution in [0.5, 0.6) is 0 Å². The maximum atomic E-state index is 12.5. The van der Waals surface area contributed by atoms with Gasteiger partial charge in [-0.1, -0.05) is 12.1 Å². The van der Waals surface area contributed by atoms with Gasteiger partial charge in [-0.25, -0.2) is 4.79 Å². The number of esters is 2. The van der Waals surface area contributed by atoms with E-state index in [9.17, 15) is 19.2 Å². The van der Waals surface area contributed by atoms with Crippen LogP contribution in [0, 0.1) is 0 Å². The minimum atomic E-state index is -1.01. The van der Waals surface area contributed by atoms with Gasteiger partial charge in [0.15, 0.2) is 0 Å². The van der Waals surface area contributed by atoms with Gasteiger partial charge in [0.05, 0.1) is 0 Å². The van der Waals surface area contributed by atoms with Crippen LogP contribution >= 0.6 is 0 Å². The molecule has 0 heterocycles. The van der Waals surface area contributed by atoms with Crippen molar-refractivity contribution in [2.45, 2.75) is 71.6 Å². The minimum absolute atomic E-state index is 0.0436. The lowest BCUT2D eigenvalue weighted by molar-refractivity contribution is -0.158. The second-order valence-corrected chi connectivity index (χ2v) is 8.42. The first-order chi connectivity index (χ1) is 12.8. The van der Waals surface area contributed by atoms with Gasteiger partial charge < -0.3 is 14.8 Å². The normalized spacial score (nSPS) is 12.6. The summed E-state index contributed by atoms with van der Waals surface area (Å²) in [7, 11) is 0. The third-order valence-corrected chi connectivity index (χ3v) is 3.36. The van der Waals surface area contributed by atoms with Gasteiger partial charge in [-0.3, -0.25) is 14.4 Å². The zero-order valence-corrected chi connectivity index (χ0v) is 17.3. The average Bonchev–Trinajstić information content (AvgIpc) is 2.55. The molecule has 28 heavy (non-hydrogen) atoms. The minimum Gasteiger partial charge on any atom is -0.460 e. The number of amides is 1. The van der Waals surface area contributed by atoms with Gasteiger partial charge in [-0.2, -0.15) is 0 Å². The van der Waals surface area contributed by atoms with E-state index in [4.69, 9.17) is 9.47 Å². The molecule has 0 radical (unpaired) electrons. The second kappa shape index (κ2) is 9.48. The molecule has 1 amide bonds. The monoisotopic (exact) mass is 391 g/mol. The third-order valence-electron chi connectivity index (χ3n) is 3.36. The van der Waals surface area contributed by atoms with Crippen molar-refractivity contribution in [1.82, 2.24) is 5.32 Å². The van der Waals surface area contributed by atoms with Crippen molar-refractivity contribution < 1.29 is 28.7 Å². The highest BCUT2D eigenvalue weighted by molar-refractivity contribution is 5.97. The number of nitrogens with one attached hydrogen (secondary N) is 1. The van der Waals surface area contributed by atoms with Crippen molar-refractivity contribution in [2.75, 3.05) is 0 Å². The molecule has 1 aromatic rings. The third kappa shape index (κ3) is 8.79. The van der Waals surface area contributed by atoms with Crippen molar-refractivity contribution in [3.63, 3.8) is 0 Å². The Kier molecular flexibility index (Phi) is 7.90. The number of hydrogen-bond donors (Lipinski definition) is 1. The molecule has 7 heteroatoms. The van der Waals surface area contributed by atoms with Crippen LogP contribution in [0.1, 0.15) is 75.1 Å². The van der Waals surface area contributed by atoms with E-state index >= 15 is 0 Å². The Bertz CT molecular complexity index is 710. The summed E-state index contributed by atoms with van der Waals surface area (Å²) in [4.78, 5) is 47.7. The van der Waals surface area contributed by atoms with Crippen LogP contribution in [0.15, 0.2) is 24.3 Å². The lowest BCUT2D eigenvalue weighted by atomic mass is 10.1. The molecule has 0 aliphatic heterocycles. The highest BCUT2D eigenvalue weighted by atomic mass is 16.6. The van der Waals surface area contributed by atoms with Crippen LogP contribution in [0.2, 0.25) is 0 Å². The Labute approximate surface area is 165 Å². The molecule has 0 saturated heterocycles. The zero-order valence-electron chi connectivity index (χ0n) is 17.3. The molecule has 1 N–H and O–H groups in total. The van der Waals surface area contributed by atoms with E-state index in [1.54, 1.807) is 41.5 Å². The van der Waals surface area contributed by atoms with Gasteiger partial charge in [-0.15, -0.1) is 0 Å². The van der Waals surface area contributed by atoms with Gasteiger partial charge in [-0.05, 0) is 60.1 Å². The molecule has 1 atom stereocenters. The summed E-state index contributed by atoms with van der Waals surface area (Å²) in [6.45, 7) is 10.4. The van der Waals surface area contributed by atoms with E-state index < -0.39 is 35.1 Å². The maximum absolute atomic E-state index is 12.5. The Morgan fingerprint density at radius 3 is 1.96 bits per heavy atom. The molecule has 154 valence electrons. The first-order valence-electron chi connectivity index (χ1n) is 9.11. The predicted molar refractivity (Wildman–Crippen MR) is 104 cm³/mol. The van der Waals surface area contributed by atoms with E-state index in [-0.39, 0.29) is 18.4 Å². The predicted octanol–water partition coefficient (Wildman–Crippen LogP) is 3.06. The number of carbonyl (C=O) groups is 4. The number of aldehydes is 1. The number of rotatable bonds is 7. The van der Waals surface area contributed by atoms with Crippen LogP contribution in [-0.2, 0) is 19.1 Å². The van der Waals surface area contributed by atoms with Crippen LogP contribution in [0.25, 0.3) is 0 Å². The van der Waals surface area contributed by atoms with Crippen molar-refractivity contribution in [1.29, 1.82) is 0 Å². The maximum Gasteiger partial charge on any atom is 0.329 e. The highest BCUT2D eigenvalue weighted by Crippen LogP contribution is 2.14. The Morgan fingerprint density at radius 2 is 1.50 bits per heavy atom. The van der Waals surface area contributed by atoms with Crippen molar-refractivity contribution in [2.24, 2.45) is 0 Å². The van der Waals surface area contributed by atoms with Gasteiger partial charge >= 0.3 is 11.9 Å². The molecular weight excluding hydrogens is 362 g/mol. The van der Waals surface area contributed by atoms with Gasteiger partial charge in [0.2, 0.25) is 0 Å². The summed E-state index contributed by atoms with van der Waals surface area (Å²) in [6.07, 6.45) is 0.666. The first-order valence-corrected chi connectivity index (χ1v) is 9.11. The lowest BCUT2D eigenvalue weighted by Crippen LogP contribution is -2.44. The van der Waals surface area contributed by atoms with Crippen molar-refractivity contribution in [3.05, 3.63) is 35.4 Å². The number of hydrogen-bond acceptors (Lipinski definition) is 6. The Morgan fingerprint density at radius 1 is 0.964 bits per heavy atom. The van der Waals surface area contributed by atoms with Gasteiger partial charge in [0.1, 0.15) is 23.5 Å². The molecule has 0 spiro atoms. The molecule has 0 saturated carbocycles. The fraction of sp³-hybridized carbons (Fsp3) is 0.524. The molecule has 0 fully saturated rings. The molecule has 0 bridgehead atoms. The molecular formula is C21H29NO6. The van der Waals surface area contributed by atoms with Crippen LogP contribution in [-0.4, -0.2) is 41.4 Å². The molecule has 0 aliphatic rings. The average molecular weight is 391 g/mol. The topological polar surface area (TPSA) is 98.8 Å². The van der Waals surface area contributed by atoms with Gasteiger partial charge in [0.25, 0.3) is 5.91 Å². The SMILES string of the molecule is CC(C)(C)OC(=O)CC[C@H](NC(=O)c1ccc(C=O)cc1)C(=O)OC(C)(C)C. The largest absolute Gasteiger partial charge is 0.460 e. The van der Waals surface area contributed by atoms with Gasteiger partial charge in [0, 0.05) is 17.5 Å². The zero-order chi connectivity index (χ0) is 21.5. The van der Waals surface area contributed by atoms with Crippen LogP contribution in [0.4, 0.5) is 0 Å². The smallest absolute Gasteiger partial charge is 0.329 e. The van der Waals surface area contributed by atoms with Crippen LogP contribution in [0.3, 0.4) is 0 Å². The molecule has 7 nitrogen and oxygen atoms in total. The number of carbonyl (C=O) groups excluding carboxylic acids is 4. The fourth-order valence-electron chi connectivity index (χ4n) is 2.23. The quantitative estimate of drug-likeness (QED) is 0.566. The van der Waals surface area contributed by atoms with E-state index in [0.29, 0.717) is 11.8 Å². The Hall–Kier alpha value is -2.70. The molecule has 1 aromatic carbocycles. The highest BCUT2D eigenvalue weighted by Gasteiger charge is 2.28. The molecule has 0 unspecified atom stereocenters. The lowest BCUT2D eigenvalue weighted by Gasteiger charge is -2.25. The summed E-state index contributed by atoms with van der Waals surface area (Å²) in [5, 5.41) is 2.60. The van der Waals surface area contributed by atoms with E-state index in [0.717, 1.165) is 0 Å². The summed E-state index contributed by atoms with van der Waals surface area (Å²) in [6, 6.07) is 4.97. The molecule has 1 rings (SSSR count). The van der Waals surface area contributed by atoms with E-state index in [1.807, 2.05) is 0 Å². The molecule has 0 aliphatic carbocycles. The Balaban J connectivity index is 2.86. The molecule has 0 aromatic heterocycles. The summed E-state index contributed by atoms with van der Waals surface area (Å²) in [5.41, 5.74) is -0.652. The summed E-state index contributed by atoms with van der Waals surface area (Å²) >= 11 is 0. The number of ether oxygens (including phenoxy) is 2. The summed E-state index contributed by atoms with van der Waals surface area (Å²) < 4.78 is 10.6. The van der Waals surface area contributed by atoms with E-state index in [1.165, 1.54) is 24.3 Å². The second-order valence-electron chi connectivity index (χ2n) is 8.42. The first kappa shape index (κ1) is 23.3. The summed E-state index contributed by atoms with van der Waals surface area (Å²) in [5.74, 6) is -1.60. The van der Waals surface area contributed by atoms with E-state index in [2.05, 4.69) is 5.32 Å². The standard InChI is InChI=1S/C21H29NO6/c1-20(2,3)27-17(24)12-11-16(19(26)28-21(4,5)6)22-18(25)15-9-7-14(13-23)8-10-15/h7-10,13,16H,11-12H2,1-6H3,(H,22,25)/t16-/m0/s1. The van der Waals surface area contributed by atoms with Crippen molar-refractivity contribution >= 4 is 24.1 Å². The van der Waals surface area contributed by atoms with Crippen molar-refractivity contribution in [3.8, 4) is 0 Å². The van der Waals surface area contributed by atoms with Crippen LogP contribution < -0.4 is 5.32 Å². The fourth-order valence-corrected chi connectivity index (χ4v) is 2.23. The number of benzene rings is 1.